The predicted molar refractivity (Wildman–Crippen MR) is 123 cm³/mol. The van der Waals surface area contributed by atoms with Crippen LogP contribution in [0.25, 0.3) is 0 Å². The van der Waals surface area contributed by atoms with Gasteiger partial charge in [0.05, 0.1) is 17.5 Å². The van der Waals surface area contributed by atoms with Crippen molar-refractivity contribution in [1.29, 1.82) is 0 Å². The predicted octanol–water partition coefficient (Wildman–Crippen LogP) is 2.14. The second-order valence-electron chi connectivity index (χ2n) is 7.83. The van der Waals surface area contributed by atoms with Gasteiger partial charge in [-0.3, -0.25) is 9.59 Å². The molecule has 2 amide bonds. The van der Waals surface area contributed by atoms with Crippen molar-refractivity contribution in [2.24, 2.45) is 0 Å². The van der Waals surface area contributed by atoms with Crippen molar-refractivity contribution >= 4 is 27.5 Å². The molecule has 0 radical (unpaired) electrons. The van der Waals surface area contributed by atoms with Crippen LogP contribution in [0, 0.1) is 0 Å². The molecule has 3 rings (SSSR count). The largest absolute Gasteiger partial charge is 0.491 e. The summed E-state index contributed by atoms with van der Waals surface area (Å²) in [6.07, 6.45) is 2.22. The Hall–Kier alpha value is -2.95. The number of ether oxygens (including phenoxy) is 2. The van der Waals surface area contributed by atoms with Crippen LogP contribution in [0.3, 0.4) is 0 Å². The van der Waals surface area contributed by atoms with Crippen LogP contribution in [0.4, 0.5) is 5.69 Å². The third kappa shape index (κ3) is 7.28. The van der Waals surface area contributed by atoms with Gasteiger partial charge in [-0.25, -0.2) is 8.42 Å². The van der Waals surface area contributed by atoms with Gasteiger partial charge in [0.2, 0.25) is 21.8 Å². The van der Waals surface area contributed by atoms with E-state index in [0.29, 0.717) is 12.3 Å². The van der Waals surface area contributed by atoms with Crippen molar-refractivity contribution in [2.75, 3.05) is 32.1 Å². The third-order valence-electron chi connectivity index (χ3n) is 5.12. The number of anilines is 1. The number of likely N-dealkylation sites (N-methyl/N-ethyl adjacent to an activating group) is 1. The van der Waals surface area contributed by atoms with E-state index in [-0.39, 0.29) is 30.0 Å². The lowest BCUT2D eigenvalue weighted by Gasteiger charge is -2.17. The second kappa shape index (κ2) is 11.3. The molecule has 1 aliphatic rings. The van der Waals surface area contributed by atoms with Crippen LogP contribution in [-0.2, 0) is 30.9 Å². The van der Waals surface area contributed by atoms with Crippen LogP contribution in [0.1, 0.15) is 25.3 Å². The number of amides is 2. The molecule has 33 heavy (non-hydrogen) atoms. The molecule has 2 aromatic rings. The second-order valence-corrected chi connectivity index (χ2v) is 9.88. The molecular formula is C23H29N3O6S. The Labute approximate surface area is 194 Å². The molecule has 2 N–H and O–H groups in total. The zero-order chi connectivity index (χ0) is 23.8. The molecule has 0 aromatic heterocycles. The molecule has 1 aliphatic heterocycles. The Kier molecular flexibility index (Phi) is 8.43. The van der Waals surface area contributed by atoms with E-state index in [1.807, 2.05) is 24.3 Å². The van der Waals surface area contributed by atoms with Gasteiger partial charge >= 0.3 is 0 Å². The maximum atomic E-state index is 12.7. The minimum atomic E-state index is -3.85. The average molecular weight is 476 g/mol. The SMILES string of the molecule is CC(=O)Nc1ccc(S(=O)(=O)N(C)CC(=O)NCc2ccc(OCC3CCCO3)cc2)cc1. The lowest BCUT2D eigenvalue weighted by Crippen LogP contribution is -2.38. The summed E-state index contributed by atoms with van der Waals surface area (Å²) >= 11 is 0. The Bertz CT molecular complexity index is 1050. The molecule has 1 unspecified atom stereocenters. The van der Waals surface area contributed by atoms with Crippen LogP contribution >= 0.6 is 0 Å². The Balaban J connectivity index is 1.46. The summed E-state index contributed by atoms with van der Waals surface area (Å²) in [5, 5.41) is 5.30. The number of nitrogens with one attached hydrogen (secondary N) is 2. The molecule has 1 saturated heterocycles. The minimum absolute atomic E-state index is 0.0329. The molecule has 0 aliphatic carbocycles. The molecule has 1 fully saturated rings. The highest BCUT2D eigenvalue weighted by Crippen LogP contribution is 2.18. The Morgan fingerprint density at radius 2 is 1.82 bits per heavy atom. The summed E-state index contributed by atoms with van der Waals surface area (Å²) < 4.78 is 37.6. The van der Waals surface area contributed by atoms with Crippen molar-refractivity contribution in [2.45, 2.75) is 37.3 Å². The van der Waals surface area contributed by atoms with Crippen molar-refractivity contribution < 1.29 is 27.5 Å². The maximum absolute atomic E-state index is 12.7. The van der Waals surface area contributed by atoms with Gasteiger partial charge in [0.1, 0.15) is 12.4 Å². The van der Waals surface area contributed by atoms with E-state index >= 15 is 0 Å². The first-order chi connectivity index (χ1) is 15.7. The lowest BCUT2D eigenvalue weighted by molar-refractivity contribution is -0.121. The molecule has 9 nitrogen and oxygen atoms in total. The van der Waals surface area contributed by atoms with Crippen molar-refractivity contribution in [3.8, 4) is 5.75 Å². The highest BCUT2D eigenvalue weighted by atomic mass is 32.2. The smallest absolute Gasteiger partial charge is 0.243 e. The maximum Gasteiger partial charge on any atom is 0.243 e. The van der Waals surface area contributed by atoms with E-state index < -0.39 is 15.9 Å². The summed E-state index contributed by atoms with van der Waals surface area (Å²) in [4.78, 5) is 23.4. The van der Waals surface area contributed by atoms with Crippen LogP contribution in [-0.4, -0.2) is 57.4 Å². The first-order valence-corrected chi connectivity index (χ1v) is 12.1. The van der Waals surface area contributed by atoms with Crippen LogP contribution in [0.2, 0.25) is 0 Å². The Morgan fingerprint density at radius 3 is 2.42 bits per heavy atom. The monoisotopic (exact) mass is 475 g/mol. The molecule has 2 aromatic carbocycles. The van der Waals surface area contributed by atoms with Crippen molar-refractivity contribution in [3.05, 3.63) is 54.1 Å². The minimum Gasteiger partial charge on any atom is -0.491 e. The molecule has 1 atom stereocenters. The van der Waals surface area contributed by atoms with Gasteiger partial charge in [0.25, 0.3) is 0 Å². The molecule has 0 saturated carbocycles. The van der Waals surface area contributed by atoms with Gasteiger partial charge in [-0.2, -0.15) is 4.31 Å². The molecule has 0 bridgehead atoms. The zero-order valence-electron chi connectivity index (χ0n) is 18.7. The van der Waals surface area contributed by atoms with Crippen LogP contribution in [0.5, 0.6) is 5.75 Å². The summed E-state index contributed by atoms with van der Waals surface area (Å²) in [5.41, 5.74) is 1.36. The number of benzene rings is 2. The number of hydrogen-bond acceptors (Lipinski definition) is 6. The van der Waals surface area contributed by atoms with Gasteiger partial charge in [0.15, 0.2) is 0 Å². The summed E-state index contributed by atoms with van der Waals surface area (Å²) in [7, 11) is -2.50. The number of carbonyl (C=O) groups is 2. The molecule has 0 spiro atoms. The normalized spacial score (nSPS) is 15.9. The number of carbonyl (C=O) groups excluding carboxylic acids is 2. The summed E-state index contributed by atoms with van der Waals surface area (Å²) in [6, 6.07) is 13.1. The fourth-order valence-electron chi connectivity index (χ4n) is 3.31. The highest BCUT2D eigenvalue weighted by Gasteiger charge is 2.23. The van der Waals surface area contributed by atoms with Gasteiger partial charge < -0.3 is 20.1 Å². The summed E-state index contributed by atoms with van der Waals surface area (Å²) in [5.74, 6) is 0.0609. The van der Waals surface area contributed by atoms with E-state index in [1.54, 1.807) is 0 Å². The van der Waals surface area contributed by atoms with Gasteiger partial charge in [-0.15, -0.1) is 0 Å². The number of sulfonamides is 1. The number of nitrogens with zero attached hydrogens (tertiary/aromatic N) is 1. The fraction of sp³-hybridized carbons (Fsp3) is 0.391. The van der Waals surface area contributed by atoms with Gasteiger partial charge in [-0.1, -0.05) is 12.1 Å². The Morgan fingerprint density at radius 1 is 1.12 bits per heavy atom. The standard InChI is InChI=1S/C23H29N3O6S/c1-17(27)25-19-7-11-22(12-8-19)33(29,30)26(2)15-23(28)24-14-18-5-9-20(10-6-18)32-16-21-4-3-13-31-21/h5-12,21H,3-4,13-16H2,1-2H3,(H,24,28)(H,25,27). The molecule has 10 heteroatoms. The summed E-state index contributed by atoms with van der Waals surface area (Å²) in [6.45, 7) is 2.62. The van der Waals surface area contributed by atoms with Gasteiger partial charge in [-0.05, 0) is 54.8 Å². The van der Waals surface area contributed by atoms with E-state index in [2.05, 4.69) is 10.6 Å². The number of hydrogen-bond donors (Lipinski definition) is 2. The van der Waals surface area contributed by atoms with Crippen molar-refractivity contribution in [3.63, 3.8) is 0 Å². The van der Waals surface area contributed by atoms with E-state index in [1.165, 1.54) is 38.2 Å². The zero-order valence-corrected chi connectivity index (χ0v) is 19.6. The quantitative estimate of drug-likeness (QED) is 0.544. The topological polar surface area (TPSA) is 114 Å². The number of rotatable bonds is 10. The average Bonchev–Trinajstić information content (AvgIpc) is 3.30. The first kappa shape index (κ1) is 24.7. The van der Waals surface area contributed by atoms with Crippen LogP contribution in [0.15, 0.2) is 53.4 Å². The van der Waals surface area contributed by atoms with E-state index in [4.69, 9.17) is 9.47 Å². The fourth-order valence-corrected chi connectivity index (χ4v) is 4.43. The van der Waals surface area contributed by atoms with Crippen LogP contribution < -0.4 is 15.4 Å². The van der Waals surface area contributed by atoms with Gasteiger partial charge in [0, 0.05) is 32.8 Å². The highest BCUT2D eigenvalue weighted by molar-refractivity contribution is 7.89. The van der Waals surface area contributed by atoms with E-state index in [0.717, 1.165) is 35.1 Å². The third-order valence-corrected chi connectivity index (χ3v) is 6.94. The van der Waals surface area contributed by atoms with Crippen molar-refractivity contribution in [1.82, 2.24) is 9.62 Å². The van der Waals surface area contributed by atoms with E-state index in [9.17, 15) is 18.0 Å². The molecule has 1 heterocycles. The molecular weight excluding hydrogens is 446 g/mol. The molecule has 178 valence electrons. The first-order valence-electron chi connectivity index (χ1n) is 10.7. The lowest BCUT2D eigenvalue weighted by atomic mass is 10.2.